The van der Waals surface area contributed by atoms with E-state index in [1.54, 1.807) is 18.2 Å². The monoisotopic (exact) mass is 317 g/mol. The van der Waals surface area contributed by atoms with E-state index in [0.717, 1.165) is 16.9 Å². The van der Waals surface area contributed by atoms with E-state index in [2.05, 4.69) is 4.98 Å². The van der Waals surface area contributed by atoms with Crippen LogP contribution >= 0.6 is 0 Å². The van der Waals surface area contributed by atoms with Crippen molar-refractivity contribution in [1.29, 1.82) is 5.39 Å². The maximum atomic E-state index is 9.19. The average Bonchev–Trinajstić information content (AvgIpc) is 2.59. The molecule has 3 aromatic carbocycles. The topological polar surface area (TPSA) is 46.6 Å². The molecule has 0 fully saturated rings. The van der Waals surface area contributed by atoms with Crippen LogP contribution in [0.3, 0.4) is 0 Å². The van der Waals surface area contributed by atoms with Crippen LogP contribution in [0.5, 0.6) is 23.0 Å². The van der Waals surface area contributed by atoms with Crippen LogP contribution in [0.4, 0.5) is 5.69 Å². The Hall–Kier alpha value is -3.32. The molecule has 24 heavy (non-hydrogen) atoms. The number of rotatable bonds is 4. The third kappa shape index (κ3) is 3.36. The van der Waals surface area contributed by atoms with Gasteiger partial charge in [0.2, 0.25) is 11.1 Å². The van der Waals surface area contributed by atoms with Crippen LogP contribution in [0.1, 0.15) is 11.1 Å². The van der Waals surface area contributed by atoms with Gasteiger partial charge in [0, 0.05) is 12.1 Å². The molecule has 0 aromatic heterocycles. The Balaban J connectivity index is 1.93. The predicted molar refractivity (Wildman–Crippen MR) is 93.7 cm³/mol. The Morgan fingerprint density at radius 3 is 1.88 bits per heavy atom. The molecule has 0 bridgehead atoms. The summed E-state index contributed by atoms with van der Waals surface area (Å²) in [6, 6.07) is 20.5. The molecular formula is C20H17N2O2+. The Bertz CT molecular complexity index is 914. The van der Waals surface area contributed by atoms with Gasteiger partial charge in [-0.25, -0.2) is 0 Å². The van der Waals surface area contributed by atoms with Crippen LogP contribution in [0.15, 0.2) is 66.7 Å². The predicted octanol–water partition coefficient (Wildman–Crippen LogP) is 6.37. The number of benzene rings is 3. The van der Waals surface area contributed by atoms with Crippen molar-refractivity contribution < 1.29 is 9.47 Å². The zero-order valence-electron chi connectivity index (χ0n) is 13.6. The summed E-state index contributed by atoms with van der Waals surface area (Å²) in [6.07, 6.45) is 0. The van der Waals surface area contributed by atoms with Gasteiger partial charge >= 0.3 is 5.69 Å². The molecule has 0 unspecified atom stereocenters. The smallest absolute Gasteiger partial charge is 0.427 e. The van der Waals surface area contributed by atoms with E-state index >= 15 is 0 Å². The number of para-hydroxylation sites is 2. The van der Waals surface area contributed by atoms with Crippen LogP contribution in [-0.4, -0.2) is 0 Å². The normalized spacial score (nSPS) is 10.0. The van der Waals surface area contributed by atoms with Crippen LogP contribution < -0.4 is 9.47 Å². The standard InChI is InChI=1S/C20H17N2O2/c1-14-7-3-5-9-18(14)23-16-11-12-17(22-21)20(13-16)24-19-10-6-4-8-15(19)2/h3-13H,1-2H3/q+1. The fraction of sp³-hybridized carbons (Fsp3) is 0.100. The second kappa shape index (κ2) is 6.84. The van der Waals surface area contributed by atoms with Crippen molar-refractivity contribution in [3.63, 3.8) is 0 Å². The molecule has 0 saturated heterocycles. The molecule has 0 spiro atoms. The average molecular weight is 317 g/mol. The van der Waals surface area contributed by atoms with Crippen molar-refractivity contribution in [3.8, 4) is 23.0 Å². The maximum Gasteiger partial charge on any atom is 0.427 e. The molecule has 0 amide bonds. The summed E-state index contributed by atoms with van der Waals surface area (Å²) < 4.78 is 11.8. The molecule has 0 atom stereocenters. The van der Waals surface area contributed by atoms with Gasteiger partial charge in [-0.3, -0.25) is 0 Å². The number of ether oxygens (including phenoxy) is 2. The highest BCUT2D eigenvalue weighted by atomic mass is 16.5. The van der Waals surface area contributed by atoms with E-state index in [4.69, 9.17) is 9.47 Å². The van der Waals surface area contributed by atoms with Crippen molar-refractivity contribution in [3.05, 3.63) is 82.8 Å². The van der Waals surface area contributed by atoms with E-state index in [0.29, 0.717) is 22.9 Å². The zero-order valence-corrected chi connectivity index (χ0v) is 13.6. The SMILES string of the molecule is Cc1ccccc1Oc1ccc([N+]#N)c(Oc2ccccc2C)c1. The molecule has 118 valence electrons. The maximum absolute atomic E-state index is 9.19. The van der Waals surface area contributed by atoms with Crippen molar-refractivity contribution in [2.45, 2.75) is 13.8 Å². The van der Waals surface area contributed by atoms with Gasteiger partial charge in [-0.2, -0.15) is 0 Å². The second-order valence-corrected chi connectivity index (χ2v) is 5.46. The molecule has 0 aliphatic carbocycles. The van der Waals surface area contributed by atoms with Gasteiger partial charge in [0.15, 0.2) is 4.98 Å². The van der Waals surface area contributed by atoms with Gasteiger partial charge in [0.05, 0.1) is 0 Å². The first-order chi connectivity index (χ1) is 11.7. The highest BCUT2D eigenvalue weighted by molar-refractivity contribution is 5.61. The molecule has 0 aliphatic heterocycles. The van der Waals surface area contributed by atoms with Gasteiger partial charge < -0.3 is 9.47 Å². The number of hydrogen-bond acceptors (Lipinski definition) is 3. The fourth-order valence-corrected chi connectivity index (χ4v) is 2.31. The first-order valence-electron chi connectivity index (χ1n) is 7.63. The van der Waals surface area contributed by atoms with Crippen molar-refractivity contribution >= 4 is 5.69 Å². The lowest BCUT2D eigenvalue weighted by Gasteiger charge is -2.10. The molecule has 3 aromatic rings. The summed E-state index contributed by atoms with van der Waals surface area (Å²) in [5.41, 5.74) is 2.37. The molecule has 0 N–H and O–H groups in total. The number of nitrogens with zero attached hydrogens (tertiary/aromatic N) is 2. The summed E-state index contributed by atoms with van der Waals surface area (Å²) in [6.45, 7) is 3.94. The van der Waals surface area contributed by atoms with E-state index in [9.17, 15) is 5.39 Å². The first-order valence-corrected chi connectivity index (χ1v) is 7.63. The van der Waals surface area contributed by atoms with E-state index in [-0.39, 0.29) is 0 Å². The lowest BCUT2D eigenvalue weighted by Crippen LogP contribution is -1.90. The first kappa shape index (κ1) is 15.6. The molecule has 0 heterocycles. The lowest BCUT2D eigenvalue weighted by atomic mass is 10.2. The minimum atomic E-state index is 0.343. The highest BCUT2D eigenvalue weighted by Gasteiger charge is 2.18. The van der Waals surface area contributed by atoms with Crippen LogP contribution in [0.2, 0.25) is 0 Å². The zero-order chi connectivity index (χ0) is 16.9. The Kier molecular flexibility index (Phi) is 4.44. The van der Waals surface area contributed by atoms with Crippen molar-refractivity contribution in [1.82, 2.24) is 0 Å². The Labute approximate surface area is 140 Å². The van der Waals surface area contributed by atoms with E-state index in [1.807, 2.05) is 62.4 Å². The number of aryl methyl sites for hydroxylation is 2. The quantitative estimate of drug-likeness (QED) is 0.525. The van der Waals surface area contributed by atoms with E-state index < -0.39 is 0 Å². The summed E-state index contributed by atoms with van der Waals surface area (Å²) in [5.74, 6) is 2.52. The third-order valence-corrected chi connectivity index (χ3v) is 3.67. The van der Waals surface area contributed by atoms with Crippen LogP contribution in [0.25, 0.3) is 4.98 Å². The molecule has 0 aliphatic rings. The second-order valence-electron chi connectivity index (χ2n) is 5.46. The fourth-order valence-electron chi connectivity index (χ4n) is 2.31. The molecule has 3 rings (SSSR count). The van der Waals surface area contributed by atoms with Gasteiger partial charge in [0.1, 0.15) is 17.2 Å². The minimum Gasteiger partial charge on any atom is -0.457 e. The van der Waals surface area contributed by atoms with E-state index in [1.165, 1.54) is 0 Å². The van der Waals surface area contributed by atoms with Gasteiger partial charge in [0.25, 0.3) is 0 Å². The molecule has 0 saturated carbocycles. The summed E-state index contributed by atoms with van der Waals surface area (Å²) in [5, 5.41) is 9.19. The molecule has 4 heteroatoms. The minimum absolute atomic E-state index is 0.343. The Morgan fingerprint density at radius 2 is 1.29 bits per heavy atom. The van der Waals surface area contributed by atoms with Crippen molar-refractivity contribution in [2.75, 3.05) is 0 Å². The van der Waals surface area contributed by atoms with Gasteiger partial charge in [-0.15, -0.1) is 0 Å². The molecule has 0 radical (unpaired) electrons. The van der Waals surface area contributed by atoms with Crippen molar-refractivity contribution in [2.24, 2.45) is 0 Å². The van der Waals surface area contributed by atoms with Crippen LogP contribution in [0, 0.1) is 19.2 Å². The third-order valence-electron chi connectivity index (χ3n) is 3.67. The summed E-state index contributed by atoms with van der Waals surface area (Å²) >= 11 is 0. The molecule has 4 nitrogen and oxygen atoms in total. The van der Waals surface area contributed by atoms with Gasteiger partial charge in [-0.1, -0.05) is 36.4 Å². The summed E-state index contributed by atoms with van der Waals surface area (Å²) in [4.78, 5) is 3.28. The lowest BCUT2D eigenvalue weighted by molar-refractivity contribution is 0.458. The highest BCUT2D eigenvalue weighted by Crippen LogP contribution is 2.37. The summed E-state index contributed by atoms with van der Waals surface area (Å²) in [7, 11) is 0. The van der Waals surface area contributed by atoms with Gasteiger partial charge in [-0.05, 0) is 43.2 Å². The van der Waals surface area contributed by atoms with Crippen LogP contribution in [-0.2, 0) is 0 Å². The number of diazo groups is 1. The largest absolute Gasteiger partial charge is 0.457 e. The molecular weight excluding hydrogens is 300 g/mol. The Morgan fingerprint density at radius 1 is 0.708 bits per heavy atom. The number of hydrogen-bond donors (Lipinski definition) is 0.